The van der Waals surface area contributed by atoms with Gasteiger partial charge in [-0.2, -0.15) is 0 Å². The molecule has 1 saturated heterocycles. The number of likely N-dealkylation sites (tertiary alicyclic amines) is 1. The van der Waals surface area contributed by atoms with Gasteiger partial charge in [-0.25, -0.2) is 22.0 Å². The number of sulfone groups is 1. The molecule has 2 aliphatic rings. The van der Waals surface area contributed by atoms with E-state index in [1.807, 2.05) is 13.0 Å². The average Bonchev–Trinajstić information content (AvgIpc) is 3.08. The highest BCUT2D eigenvalue weighted by Crippen LogP contribution is 2.40. The highest BCUT2D eigenvalue weighted by atomic mass is 35.5. The van der Waals surface area contributed by atoms with Crippen LogP contribution in [0.4, 0.5) is 19.3 Å². The molecule has 1 aliphatic heterocycles. The lowest BCUT2D eigenvalue weighted by Crippen LogP contribution is -2.41. The average molecular weight is 478 g/mol. The number of rotatable bonds is 6. The Balaban J connectivity index is 1.75. The standard InChI is InChI=1S/C20H26ClF2N3O4S/c1-12-3-2-4-15(12)24-20(28)25-16-6-5-14(21)19(18(16)27)31(29,30)13-7-9-26(10-8-13)11-17(22)23/h3,5-6,13,15,17,27H,2,4,7-11H2,1H3,(H2,24,25,28)/t15-/m1/s1. The summed E-state index contributed by atoms with van der Waals surface area (Å²) >= 11 is 6.11. The van der Waals surface area contributed by atoms with Crippen molar-refractivity contribution in [2.75, 3.05) is 25.0 Å². The van der Waals surface area contributed by atoms with E-state index >= 15 is 0 Å². The zero-order valence-electron chi connectivity index (χ0n) is 17.1. The van der Waals surface area contributed by atoms with E-state index in [4.69, 9.17) is 11.6 Å². The predicted octanol–water partition coefficient (Wildman–Crippen LogP) is 3.78. The van der Waals surface area contributed by atoms with E-state index in [1.54, 1.807) is 0 Å². The predicted molar refractivity (Wildman–Crippen MR) is 115 cm³/mol. The second kappa shape index (κ2) is 9.70. The van der Waals surface area contributed by atoms with E-state index in [-0.39, 0.29) is 42.7 Å². The van der Waals surface area contributed by atoms with E-state index in [2.05, 4.69) is 10.6 Å². The molecule has 0 aromatic heterocycles. The van der Waals surface area contributed by atoms with E-state index in [9.17, 15) is 27.1 Å². The van der Waals surface area contributed by atoms with Crippen molar-refractivity contribution in [2.24, 2.45) is 0 Å². The minimum absolute atomic E-state index is 0.0739. The summed E-state index contributed by atoms with van der Waals surface area (Å²) in [5.41, 5.74) is 0.965. The third kappa shape index (κ3) is 5.48. The zero-order valence-corrected chi connectivity index (χ0v) is 18.6. The summed E-state index contributed by atoms with van der Waals surface area (Å²) in [5, 5.41) is 14.9. The first-order valence-corrected chi connectivity index (χ1v) is 12.0. The van der Waals surface area contributed by atoms with Crippen molar-refractivity contribution in [3.8, 4) is 5.75 Å². The van der Waals surface area contributed by atoms with Gasteiger partial charge in [-0.3, -0.25) is 4.90 Å². The summed E-state index contributed by atoms with van der Waals surface area (Å²) in [4.78, 5) is 13.4. The van der Waals surface area contributed by atoms with Crippen LogP contribution in [0.1, 0.15) is 32.6 Å². The number of nitrogens with one attached hydrogen (secondary N) is 2. The number of nitrogens with zero attached hydrogens (tertiary/aromatic N) is 1. The first-order chi connectivity index (χ1) is 14.6. The quantitative estimate of drug-likeness (QED) is 0.428. The molecule has 1 aromatic rings. The molecule has 0 unspecified atom stereocenters. The zero-order chi connectivity index (χ0) is 22.8. The number of allylic oxidation sites excluding steroid dienone is 1. The molecule has 1 fully saturated rings. The first-order valence-electron chi connectivity index (χ1n) is 10.1. The van der Waals surface area contributed by atoms with Gasteiger partial charge in [0.2, 0.25) is 0 Å². The number of anilines is 1. The molecule has 2 amide bonds. The van der Waals surface area contributed by atoms with Crippen LogP contribution in [0.2, 0.25) is 5.02 Å². The van der Waals surface area contributed by atoms with Gasteiger partial charge in [0.25, 0.3) is 6.43 Å². The molecular weight excluding hydrogens is 452 g/mol. The molecule has 0 spiro atoms. The Morgan fingerprint density at radius 3 is 2.55 bits per heavy atom. The number of amides is 2. The van der Waals surface area contributed by atoms with Gasteiger partial charge < -0.3 is 15.7 Å². The number of benzene rings is 1. The van der Waals surface area contributed by atoms with Crippen LogP contribution in [0, 0.1) is 0 Å². The lowest BCUT2D eigenvalue weighted by atomic mass is 10.1. The van der Waals surface area contributed by atoms with E-state index in [0.29, 0.717) is 0 Å². The molecule has 0 saturated carbocycles. The summed E-state index contributed by atoms with van der Waals surface area (Å²) in [6.07, 6.45) is 1.48. The molecule has 1 aliphatic carbocycles. The highest BCUT2D eigenvalue weighted by Gasteiger charge is 2.36. The minimum Gasteiger partial charge on any atom is -0.504 e. The van der Waals surface area contributed by atoms with Gasteiger partial charge in [0.05, 0.1) is 28.5 Å². The van der Waals surface area contributed by atoms with Gasteiger partial charge >= 0.3 is 6.03 Å². The van der Waals surface area contributed by atoms with Gasteiger partial charge in [0, 0.05) is 0 Å². The van der Waals surface area contributed by atoms with Crippen LogP contribution in [-0.2, 0) is 9.84 Å². The molecule has 172 valence electrons. The highest BCUT2D eigenvalue weighted by molar-refractivity contribution is 7.92. The minimum atomic E-state index is -4.04. The fourth-order valence-corrected chi connectivity index (χ4v) is 6.39. The van der Waals surface area contributed by atoms with Gasteiger partial charge in [0.1, 0.15) is 4.90 Å². The van der Waals surface area contributed by atoms with Gasteiger partial charge in [-0.1, -0.05) is 23.3 Å². The summed E-state index contributed by atoms with van der Waals surface area (Å²) in [6.45, 7) is 1.93. The largest absolute Gasteiger partial charge is 0.504 e. The maximum Gasteiger partial charge on any atom is 0.319 e. The molecular formula is C20H26ClF2N3O4S. The van der Waals surface area contributed by atoms with Crippen molar-refractivity contribution in [2.45, 2.75) is 55.2 Å². The molecule has 0 bridgehead atoms. The van der Waals surface area contributed by atoms with Crippen LogP contribution in [-0.4, -0.2) is 61.8 Å². The lowest BCUT2D eigenvalue weighted by Gasteiger charge is -2.31. The van der Waals surface area contributed by atoms with E-state index in [1.165, 1.54) is 17.0 Å². The summed E-state index contributed by atoms with van der Waals surface area (Å²) in [5.74, 6) is -0.628. The fourth-order valence-electron chi connectivity index (χ4n) is 4.03. The molecule has 0 radical (unpaired) electrons. The number of carbonyl (C=O) groups is 1. The number of aromatic hydroxyl groups is 1. The van der Waals surface area contributed by atoms with Crippen LogP contribution < -0.4 is 10.6 Å². The molecule has 7 nitrogen and oxygen atoms in total. The monoisotopic (exact) mass is 477 g/mol. The van der Waals surface area contributed by atoms with Crippen molar-refractivity contribution in [3.63, 3.8) is 0 Å². The Morgan fingerprint density at radius 1 is 1.29 bits per heavy atom. The number of phenols is 1. The lowest BCUT2D eigenvalue weighted by molar-refractivity contribution is 0.0792. The number of alkyl halides is 2. The van der Waals surface area contributed by atoms with Crippen LogP contribution in [0.15, 0.2) is 28.7 Å². The molecule has 3 N–H and O–H groups in total. The summed E-state index contributed by atoms with van der Waals surface area (Å²) in [7, 11) is -4.04. The van der Waals surface area contributed by atoms with Crippen molar-refractivity contribution >= 4 is 33.2 Å². The topological polar surface area (TPSA) is 98.7 Å². The first kappa shape index (κ1) is 23.7. The second-order valence-corrected chi connectivity index (χ2v) is 10.5. The second-order valence-electron chi connectivity index (χ2n) is 7.89. The van der Waals surface area contributed by atoms with Crippen LogP contribution in [0.5, 0.6) is 5.75 Å². The smallest absolute Gasteiger partial charge is 0.319 e. The molecule has 1 aromatic carbocycles. The third-order valence-electron chi connectivity index (χ3n) is 5.76. The number of halogens is 3. The molecule has 3 rings (SSSR count). The van der Waals surface area contributed by atoms with Gasteiger partial charge in [-0.05, 0) is 57.8 Å². The van der Waals surface area contributed by atoms with E-state index in [0.717, 1.165) is 18.4 Å². The Bertz CT molecular complexity index is 963. The van der Waals surface area contributed by atoms with Crippen molar-refractivity contribution < 1.29 is 27.1 Å². The van der Waals surface area contributed by atoms with Gasteiger partial charge in [-0.15, -0.1) is 0 Å². The maximum atomic E-state index is 13.2. The number of piperidine rings is 1. The van der Waals surface area contributed by atoms with Crippen LogP contribution >= 0.6 is 11.6 Å². The number of urea groups is 1. The summed E-state index contributed by atoms with van der Waals surface area (Å²) in [6, 6.07) is 1.95. The Morgan fingerprint density at radius 2 is 1.97 bits per heavy atom. The van der Waals surface area contributed by atoms with Crippen molar-refractivity contribution in [1.29, 1.82) is 0 Å². The van der Waals surface area contributed by atoms with Crippen LogP contribution in [0.25, 0.3) is 0 Å². The van der Waals surface area contributed by atoms with Crippen molar-refractivity contribution in [3.05, 3.63) is 28.8 Å². The summed E-state index contributed by atoms with van der Waals surface area (Å²) < 4.78 is 51.5. The van der Waals surface area contributed by atoms with E-state index < -0.39 is 44.7 Å². The number of hydrogen-bond acceptors (Lipinski definition) is 5. The SMILES string of the molecule is CC1=CCC[C@H]1NC(=O)Nc1ccc(Cl)c(S(=O)(=O)C2CCN(CC(F)F)CC2)c1O. The molecule has 1 atom stereocenters. The number of hydrogen-bond donors (Lipinski definition) is 3. The molecule has 11 heteroatoms. The third-order valence-corrected chi connectivity index (χ3v) is 8.52. The maximum absolute atomic E-state index is 13.2. The van der Waals surface area contributed by atoms with Crippen LogP contribution in [0.3, 0.4) is 0 Å². The fraction of sp³-hybridized carbons (Fsp3) is 0.550. The number of carbonyl (C=O) groups excluding carboxylic acids is 1. The Hall–Kier alpha value is -1.91. The normalized spacial score (nSPS) is 20.7. The molecule has 31 heavy (non-hydrogen) atoms. The van der Waals surface area contributed by atoms with Gasteiger partial charge in [0.15, 0.2) is 15.6 Å². The van der Waals surface area contributed by atoms with Crippen molar-refractivity contribution in [1.82, 2.24) is 10.2 Å². The Labute approximate surface area is 185 Å². The Kier molecular flexibility index (Phi) is 7.43. The number of phenolic OH excluding ortho intramolecular Hbond substituents is 1. The molecule has 1 heterocycles.